The number of fused-ring (bicyclic) bond motifs is 1. The standard InChI is InChI=1S/C38H45NO5/c1-2-42-24-12-4-3-11-17-33-31-19-20-34(40)37(41)32(31)22-23-38(33,39)30-18-21-35(43-26-28-13-7-5-8-14-28)36(25-30)44-27-29-15-9-6-10-16-29/h5-10,13-16,18-21,25,33,40-41H,2-4,11-12,17,22-24,26-27,39H2,1H3. The van der Waals surface area contributed by atoms with Crippen molar-refractivity contribution in [3.63, 3.8) is 0 Å². The Labute approximate surface area is 261 Å². The molecule has 0 radical (unpaired) electrons. The summed E-state index contributed by atoms with van der Waals surface area (Å²) in [5.74, 6) is 1.17. The highest BCUT2D eigenvalue weighted by Gasteiger charge is 2.42. The van der Waals surface area contributed by atoms with Crippen LogP contribution in [0.4, 0.5) is 0 Å². The van der Waals surface area contributed by atoms with Crippen molar-refractivity contribution >= 4 is 0 Å². The largest absolute Gasteiger partial charge is 0.504 e. The maximum Gasteiger partial charge on any atom is 0.162 e. The van der Waals surface area contributed by atoms with E-state index < -0.39 is 5.54 Å². The van der Waals surface area contributed by atoms with Crippen molar-refractivity contribution < 1.29 is 24.4 Å². The minimum Gasteiger partial charge on any atom is -0.504 e. The van der Waals surface area contributed by atoms with Crippen molar-refractivity contribution in [2.24, 2.45) is 5.73 Å². The van der Waals surface area contributed by atoms with Gasteiger partial charge in [-0.25, -0.2) is 0 Å². The fraction of sp³-hybridized carbons (Fsp3) is 0.368. The molecule has 0 aromatic heterocycles. The van der Waals surface area contributed by atoms with Crippen LogP contribution in [0.15, 0.2) is 91.0 Å². The van der Waals surface area contributed by atoms with E-state index >= 15 is 0 Å². The Morgan fingerprint density at radius 2 is 1.43 bits per heavy atom. The maximum absolute atomic E-state index is 10.8. The van der Waals surface area contributed by atoms with Gasteiger partial charge in [-0.1, -0.05) is 92.1 Å². The molecule has 232 valence electrons. The van der Waals surface area contributed by atoms with E-state index in [-0.39, 0.29) is 17.4 Å². The summed E-state index contributed by atoms with van der Waals surface area (Å²) in [6.07, 6.45) is 6.31. The lowest BCUT2D eigenvalue weighted by molar-refractivity contribution is 0.142. The Balaban J connectivity index is 1.43. The van der Waals surface area contributed by atoms with E-state index in [0.717, 1.165) is 73.1 Å². The molecule has 0 amide bonds. The average molecular weight is 596 g/mol. The second kappa shape index (κ2) is 15.1. The molecule has 0 bridgehead atoms. The number of ether oxygens (including phenoxy) is 3. The molecule has 0 saturated carbocycles. The SMILES string of the molecule is CCOCCCCCCC1c2ccc(O)c(O)c2CCC1(N)c1ccc(OCc2ccccc2)c(OCc2ccccc2)c1. The molecule has 2 atom stereocenters. The van der Waals surface area contributed by atoms with Gasteiger partial charge in [0.15, 0.2) is 23.0 Å². The van der Waals surface area contributed by atoms with Gasteiger partial charge in [-0.2, -0.15) is 0 Å². The molecule has 4 N–H and O–H groups in total. The number of phenolic OH excluding ortho intramolecular Hbond substituents is 2. The van der Waals surface area contributed by atoms with Gasteiger partial charge in [-0.3, -0.25) is 0 Å². The molecule has 0 heterocycles. The quantitative estimate of drug-likeness (QED) is 0.0949. The topological polar surface area (TPSA) is 94.2 Å². The van der Waals surface area contributed by atoms with E-state index in [1.807, 2.05) is 85.8 Å². The summed E-state index contributed by atoms with van der Waals surface area (Å²) in [6.45, 7) is 4.40. The van der Waals surface area contributed by atoms with Crippen LogP contribution in [0.25, 0.3) is 0 Å². The minimum atomic E-state index is -0.690. The van der Waals surface area contributed by atoms with Crippen LogP contribution >= 0.6 is 0 Å². The van der Waals surface area contributed by atoms with E-state index in [4.69, 9.17) is 19.9 Å². The molecule has 0 saturated heterocycles. The summed E-state index contributed by atoms with van der Waals surface area (Å²) in [4.78, 5) is 0. The minimum absolute atomic E-state index is 0.0252. The van der Waals surface area contributed by atoms with Crippen LogP contribution in [-0.2, 0) is 29.9 Å². The Kier molecular flexibility index (Phi) is 10.8. The predicted octanol–water partition coefficient (Wildman–Crippen LogP) is 8.13. The summed E-state index contributed by atoms with van der Waals surface area (Å²) in [5.41, 5.74) is 11.7. The van der Waals surface area contributed by atoms with Crippen molar-refractivity contribution in [3.05, 3.63) is 119 Å². The van der Waals surface area contributed by atoms with Crippen LogP contribution < -0.4 is 15.2 Å². The molecule has 0 aliphatic heterocycles. The normalized spacial score (nSPS) is 17.6. The van der Waals surface area contributed by atoms with Crippen molar-refractivity contribution in [2.75, 3.05) is 13.2 Å². The molecule has 2 unspecified atom stereocenters. The predicted molar refractivity (Wildman–Crippen MR) is 174 cm³/mol. The first-order chi connectivity index (χ1) is 21.5. The van der Waals surface area contributed by atoms with Crippen molar-refractivity contribution in [1.29, 1.82) is 0 Å². The lowest BCUT2D eigenvalue weighted by Crippen LogP contribution is -2.46. The Morgan fingerprint density at radius 3 is 2.11 bits per heavy atom. The van der Waals surface area contributed by atoms with E-state index in [1.165, 1.54) is 0 Å². The summed E-state index contributed by atoms with van der Waals surface area (Å²) in [7, 11) is 0. The highest BCUT2D eigenvalue weighted by atomic mass is 16.5. The molecule has 1 aliphatic rings. The van der Waals surface area contributed by atoms with Gasteiger partial charge in [0.1, 0.15) is 13.2 Å². The summed E-state index contributed by atoms with van der Waals surface area (Å²) in [5, 5.41) is 21.0. The number of benzene rings is 4. The molecule has 1 aliphatic carbocycles. The first-order valence-electron chi connectivity index (χ1n) is 15.9. The zero-order chi connectivity index (χ0) is 30.8. The van der Waals surface area contributed by atoms with Crippen molar-refractivity contribution in [2.45, 2.75) is 76.5 Å². The van der Waals surface area contributed by atoms with Crippen LogP contribution in [0.5, 0.6) is 23.0 Å². The monoisotopic (exact) mass is 595 g/mol. The molecular formula is C38H45NO5. The lowest BCUT2D eigenvalue weighted by Gasteiger charge is -2.43. The molecule has 4 aromatic rings. The number of phenols is 2. The zero-order valence-electron chi connectivity index (χ0n) is 25.7. The van der Waals surface area contributed by atoms with Gasteiger partial charge in [-0.05, 0) is 73.1 Å². The zero-order valence-corrected chi connectivity index (χ0v) is 25.7. The van der Waals surface area contributed by atoms with Crippen LogP contribution in [0.3, 0.4) is 0 Å². The molecular weight excluding hydrogens is 550 g/mol. The van der Waals surface area contributed by atoms with E-state index in [9.17, 15) is 10.2 Å². The molecule has 0 fully saturated rings. The number of hydrogen-bond acceptors (Lipinski definition) is 6. The van der Waals surface area contributed by atoms with Gasteiger partial charge in [0.25, 0.3) is 0 Å². The van der Waals surface area contributed by atoms with Crippen LogP contribution in [0.1, 0.15) is 79.2 Å². The van der Waals surface area contributed by atoms with Gasteiger partial charge in [0.2, 0.25) is 0 Å². The smallest absolute Gasteiger partial charge is 0.162 e. The maximum atomic E-state index is 10.8. The van der Waals surface area contributed by atoms with Gasteiger partial charge in [0.05, 0.1) is 0 Å². The average Bonchev–Trinajstić information content (AvgIpc) is 3.06. The summed E-state index contributed by atoms with van der Waals surface area (Å²) in [6, 6.07) is 29.8. The molecule has 5 rings (SSSR count). The second-order valence-electron chi connectivity index (χ2n) is 11.7. The van der Waals surface area contributed by atoms with Gasteiger partial charge < -0.3 is 30.2 Å². The van der Waals surface area contributed by atoms with Crippen LogP contribution in [-0.4, -0.2) is 23.4 Å². The van der Waals surface area contributed by atoms with Gasteiger partial charge >= 0.3 is 0 Å². The van der Waals surface area contributed by atoms with Crippen molar-refractivity contribution in [3.8, 4) is 23.0 Å². The van der Waals surface area contributed by atoms with Crippen LogP contribution in [0.2, 0.25) is 0 Å². The number of aromatic hydroxyl groups is 2. The molecule has 0 spiro atoms. The fourth-order valence-electron chi connectivity index (χ4n) is 6.32. The number of rotatable bonds is 15. The highest BCUT2D eigenvalue weighted by molar-refractivity contribution is 5.54. The Bertz CT molecular complexity index is 1480. The number of nitrogens with two attached hydrogens (primary N) is 1. The first kappa shape index (κ1) is 31.4. The fourth-order valence-corrected chi connectivity index (χ4v) is 6.32. The Morgan fingerprint density at radius 1 is 0.773 bits per heavy atom. The summed E-state index contributed by atoms with van der Waals surface area (Å²) < 4.78 is 18.2. The van der Waals surface area contributed by atoms with E-state index in [1.54, 1.807) is 6.07 Å². The van der Waals surface area contributed by atoms with Gasteiger partial charge in [-0.15, -0.1) is 0 Å². The third kappa shape index (κ3) is 7.55. The number of hydrogen-bond donors (Lipinski definition) is 3. The highest BCUT2D eigenvalue weighted by Crippen LogP contribution is 2.51. The molecule has 6 heteroatoms. The number of unbranched alkanes of at least 4 members (excludes halogenated alkanes) is 3. The molecule has 44 heavy (non-hydrogen) atoms. The van der Waals surface area contributed by atoms with Crippen LogP contribution in [0, 0.1) is 0 Å². The second-order valence-corrected chi connectivity index (χ2v) is 11.7. The molecule has 6 nitrogen and oxygen atoms in total. The first-order valence-corrected chi connectivity index (χ1v) is 15.9. The lowest BCUT2D eigenvalue weighted by atomic mass is 9.65. The molecule has 4 aromatic carbocycles. The van der Waals surface area contributed by atoms with E-state index in [0.29, 0.717) is 37.6 Å². The van der Waals surface area contributed by atoms with Gasteiger partial charge in [0, 0.05) is 30.2 Å². The van der Waals surface area contributed by atoms with E-state index in [2.05, 4.69) is 6.07 Å². The third-order valence-corrected chi connectivity index (χ3v) is 8.77. The Hall–Kier alpha value is -4.00. The van der Waals surface area contributed by atoms with Crippen molar-refractivity contribution in [1.82, 2.24) is 0 Å². The summed E-state index contributed by atoms with van der Waals surface area (Å²) >= 11 is 0. The third-order valence-electron chi connectivity index (χ3n) is 8.77.